The van der Waals surface area contributed by atoms with Gasteiger partial charge in [-0.15, -0.1) is 0 Å². The van der Waals surface area contributed by atoms with Crippen LogP contribution in [0.5, 0.6) is 5.75 Å². The second-order valence-electron chi connectivity index (χ2n) is 8.71. The zero-order valence-corrected chi connectivity index (χ0v) is 20.2. The summed E-state index contributed by atoms with van der Waals surface area (Å²) >= 11 is 0. The van der Waals surface area contributed by atoms with Crippen molar-refractivity contribution >= 4 is 32.5 Å². The number of methoxy groups -OCH3 is 1. The van der Waals surface area contributed by atoms with Gasteiger partial charge < -0.3 is 14.6 Å². The summed E-state index contributed by atoms with van der Waals surface area (Å²) in [5, 5.41) is 1.25. The first-order chi connectivity index (χ1) is 16.9. The maximum atomic E-state index is 13.1. The minimum Gasteiger partial charge on any atom is -0.497 e. The number of piperidine rings is 1. The Morgan fingerprint density at radius 2 is 1.66 bits per heavy atom. The van der Waals surface area contributed by atoms with Crippen molar-refractivity contribution in [2.24, 2.45) is 0 Å². The molecule has 0 aliphatic carbocycles. The summed E-state index contributed by atoms with van der Waals surface area (Å²) in [6.45, 7) is 1.34. The van der Waals surface area contributed by atoms with E-state index in [1.165, 1.54) is 23.1 Å². The van der Waals surface area contributed by atoms with Crippen LogP contribution in [-0.2, 0) is 10.0 Å². The second kappa shape index (κ2) is 9.46. The Bertz CT molecular complexity index is 1440. The first-order valence-corrected chi connectivity index (χ1v) is 13.0. The Labute approximate surface area is 204 Å². The van der Waals surface area contributed by atoms with E-state index in [4.69, 9.17) is 4.74 Å². The van der Waals surface area contributed by atoms with E-state index in [1.54, 1.807) is 43.5 Å². The number of carbonyl (C=O) groups is 1. The highest BCUT2D eigenvalue weighted by molar-refractivity contribution is 7.92. The van der Waals surface area contributed by atoms with Crippen LogP contribution in [0.25, 0.3) is 10.9 Å². The third kappa shape index (κ3) is 4.74. The number of para-hydroxylation sites is 1. The van der Waals surface area contributed by atoms with Gasteiger partial charge in [-0.25, -0.2) is 8.42 Å². The van der Waals surface area contributed by atoms with Crippen molar-refractivity contribution in [3.63, 3.8) is 0 Å². The van der Waals surface area contributed by atoms with Crippen molar-refractivity contribution < 1.29 is 17.9 Å². The number of carbonyl (C=O) groups excluding carboxylic acids is 1. The fraction of sp³-hybridized carbons (Fsp3) is 0.222. The lowest BCUT2D eigenvalue weighted by Crippen LogP contribution is -2.37. The third-order valence-corrected chi connectivity index (χ3v) is 7.99. The molecule has 0 radical (unpaired) electrons. The van der Waals surface area contributed by atoms with Crippen LogP contribution in [0, 0.1) is 0 Å². The van der Waals surface area contributed by atoms with Crippen LogP contribution in [0.2, 0.25) is 0 Å². The summed E-state index contributed by atoms with van der Waals surface area (Å²) in [5.74, 6) is 0.975. The number of hydrogen-bond donors (Lipinski definition) is 2. The summed E-state index contributed by atoms with van der Waals surface area (Å²) in [4.78, 5) is 18.4. The SMILES string of the molecule is COc1ccc(NS(=O)(=O)c2ccc(C(=O)N3CCC(c4c[nH]c5ccccc45)CC3)cc2)cc1. The van der Waals surface area contributed by atoms with E-state index >= 15 is 0 Å². The Kier molecular flexibility index (Phi) is 6.21. The van der Waals surface area contributed by atoms with Crippen molar-refractivity contribution in [1.82, 2.24) is 9.88 Å². The van der Waals surface area contributed by atoms with Crippen LogP contribution in [0.1, 0.15) is 34.7 Å². The van der Waals surface area contributed by atoms with E-state index in [2.05, 4.69) is 34.1 Å². The predicted octanol–water partition coefficient (Wildman–Crippen LogP) is 5.00. The van der Waals surface area contributed by atoms with Crippen LogP contribution in [0.15, 0.2) is 83.9 Å². The molecule has 0 unspecified atom stereocenters. The molecule has 1 saturated heterocycles. The minimum atomic E-state index is -3.77. The van der Waals surface area contributed by atoms with Crippen molar-refractivity contribution in [3.8, 4) is 5.75 Å². The molecular weight excluding hydrogens is 462 g/mol. The highest BCUT2D eigenvalue weighted by Gasteiger charge is 2.26. The summed E-state index contributed by atoms with van der Waals surface area (Å²) in [5.41, 5.74) is 3.37. The monoisotopic (exact) mass is 489 g/mol. The van der Waals surface area contributed by atoms with Crippen molar-refractivity contribution in [2.45, 2.75) is 23.7 Å². The highest BCUT2D eigenvalue weighted by atomic mass is 32.2. The molecule has 180 valence electrons. The highest BCUT2D eigenvalue weighted by Crippen LogP contribution is 2.33. The number of nitrogens with zero attached hydrogens (tertiary/aromatic N) is 1. The largest absolute Gasteiger partial charge is 0.497 e. The molecule has 35 heavy (non-hydrogen) atoms. The number of fused-ring (bicyclic) bond motifs is 1. The second-order valence-corrected chi connectivity index (χ2v) is 10.4. The van der Waals surface area contributed by atoms with Crippen molar-refractivity contribution in [1.29, 1.82) is 0 Å². The number of anilines is 1. The molecule has 2 heterocycles. The normalized spacial score (nSPS) is 14.7. The smallest absolute Gasteiger partial charge is 0.261 e. The number of aromatic nitrogens is 1. The first kappa shape index (κ1) is 23.0. The number of likely N-dealkylation sites (tertiary alicyclic amines) is 1. The molecule has 1 aliphatic heterocycles. The number of aromatic amines is 1. The van der Waals surface area contributed by atoms with Gasteiger partial charge in [0.05, 0.1) is 12.0 Å². The van der Waals surface area contributed by atoms with Gasteiger partial charge in [0, 0.05) is 41.4 Å². The van der Waals surface area contributed by atoms with Gasteiger partial charge in [-0.1, -0.05) is 18.2 Å². The first-order valence-electron chi connectivity index (χ1n) is 11.6. The zero-order valence-electron chi connectivity index (χ0n) is 19.4. The Morgan fingerprint density at radius 3 is 2.34 bits per heavy atom. The summed E-state index contributed by atoms with van der Waals surface area (Å²) in [7, 11) is -2.22. The molecule has 5 rings (SSSR count). The van der Waals surface area contributed by atoms with E-state index in [-0.39, 0.29) is 10.8 Å². The van der Waals surface area contributed by atoms with Gasteiger partial charge >= 0.3 is 0 Å². The fourth-order valence-electron chi connectivity index (χ4n) is 4.66. The molecule has 3 aromatic carbocycles. The molecular formula is C27H27N3O4S. The number of ether oxygens (including phenoxy) is 1. The lowest BCUT2D eigenvalue weighted by molar-refractivity contribution is 0.0713. The van der Waals surface area contributed by atoms with Gasteiger partial charge in [0.25, 0.3) is 15.9 Å². The number of amides is 1. The molecule has 2 N–H and O–H groups in total. The molecule has 7 nitrogen and oxygen atoms in total. The quantitative estimate of drug-likeness (QED) is 0.399. The maximum Gasteiger partial charge on any atom is 0.261 e. The molecule has 0 bridgehead atoms. The van der Waals surface area contributed by atoms with Crippen LogP contribution in [0.3, 0.4) is 0 Å². The van der Waals surface area contributed by atoms with E-state index in [9.17, 15) is 13.2 Å². The lowest BCUT2D eigenvalue weighted by atomic mass is 9.89. The predicted molar refractivity (Wildman–Crippen MR) is 136 cm³/mol. The molecule has 4 aromatic rings. The van der Waals surface area contributed by atoms with Crippen LogP contribution in [0.4, 0.5) is 5.69 Å². The number of hydrogen-bond acceptors (Lipinski definition) is 4. The Hall–Kier alpha value is -3.78. The Morgan fingerprint density at radius 1 is 0.971 bits per heavy atom. The molecule has 0 saturated carbocycles. The minimum absolute atomic E-state index is 0.0746. The number of rotatable bonds is 6. The molecule has 1 aromatic heterocycles. The van der Waals surface area contributed by atoms with Gasteiger partial charge in [-0.05, 0) is 78.9 Å². The number of benzene rings is 3. The standard InChI is InChI=1S/C27H27N3O4S/c1-34-22-10-8-21(9-11-22)29-35(32,33)23-12-6-20(7-13-23)27(31)30-16-14-19(15-17-30)25-18-28-26-5-3-2-4-24(25)26/h2-13,18-19,28-29H,14-17H2,1H3. The van der Waals surface area contributed by atoms with Crippen LogP contribution >= 0.6 is 0 Å². The molecule has 8 heteroatoms. The number of nitrogens with one attached hydrogen (secondary N) is 2. The fourth-order valence-corrected chi connectivity index (χ4v) is 5.72. The molecule has 0 atom stereocenters. The van der Waals surface area contributed by atoms with Crippen LogP contribution < -0.4 is 9.46 Å². The zero-order chi connectivity index (χ0) is 24.4. The van der Waals surface area contributed by atoms with Gasteiger partial charge in [-0.2, -0.15) is 0 Å². The van der Waals surface area contributed by atoms with E-state index in [0.717, 1.165) is 18.4 Å². The van der Waals surface area contributed by atoms with Gasteiger partial charge in [0.15, 0.2) is 0 Å². The number of H-pyrrole nitrogens is 1. The van der Waals surface area contributed by atoms with Gasteiger partial charge in [-0.3, -0.25) is 9.52 Å². The molecule has 1 aliphatic rings. The van der Waals surface area contributed by atoms with Crippen LogP contribution in [-0.4, -0.2) is 44.4 Å². The van der Waals surface area contributed by atoms with Gasteiger partial charge in [0.1, 0.15) is 5.75 Å². The summed E-state index contributed by atoms with van der Waals surface area (Å²) < 4.78 is 33.1. The number of sulfonamides is 1. The van der Waals surface area contributed by atoms with E-state index < -0.39 is 10.0 Å². The average Bonchev–Trinajstić information content (AvgIpc) is 3.33. The summed E-state index contributed by atoms with van der Waals surface area (Å²) in [6, 6.07) is 21.0. The molecule has 1 amide bonds. The molecule has 0 spiro atoms. The van der Waals surface area contributed by atoms with Crippen molar-refractivity contribution in [3.05, 3.63) is 90.1 Å². The van der Waals surface area contributed by atoms with Gasteiger partial charge in [0.2, 0.25) is 0 Å². The Balaban J connectivity index is 1.22. The summed E-state index contributed by atoms with van der Waals surface area (Å²) in [6.07, 6.45) is 3.88. The third-order valence-electron chi connectivity index (χ3n) is 6.60. The topological polar surface area (TPSA) is 91.5 Å². The average molecular weight is 490 g/mol. The van der Waals surface area contributed by atoms with E-state index in [0.29, 0.717) is 36.0 Å². The van der Waals surface area contributed by atoms with Crippen molar-refractivity contribution in [2.75, 3.05) is 24.9 Å². The maximum absolute atomic E-state index is 13.1. The lowest BCUT2D eigenvalue weighted by Gasteiger charge is -2.32. The molecule has 1 fully saturated rings. The van der Waals surface area contributed by atoms with E-state index in [1.807, 2.05) is 11.0 Å².